The molecule has 0 atom stereocenters. The van der Waals surface area contributed by atoms with E-state index in [9.17, 15) is 13.2 Å². The number of nitrogens with zero attached hydrogens (tertiary/aromatic N) is 2. The third kappa shape index (κ3) is 6.76. The highest BCUT2D eigenvalue weighted by molar-refractivity contribution is 7.92. The molecule has 0 saturated carbocycles. The average Bonchev–Trinajstić information content (AvgIpc) is 3.34. The maximum Gasteiger partial charge on any atom is 0.264 e. The first-order chi connectivity index (χ1) is 16.8. The number of sulfonamides is 1. The first-order valence-corrected chi connectivity index (χ1v) is 13.6. The predicted molar refractivity (Wildman–Crippen MR) is 140 cm³/mol. The lowest BCUT2D eigenvalue weighted by Crippen LogP contribution is -2.40. The predicted octanol–water partition coefficient (Wildman–Crippen LogP) is 5.10. The van der Waals surface area contributed by atoms with Crippen LogP contribution in [-0.2, 0) is 27.9 Å². The number of anilines is 1. The number of rotatable bonds is 9. The van der Waals surface area contributed by atoms with Gasteiger partial charge in [0.2, 0.25) is 5.91 Å². The van der Waals surface area contributed by atoms with Crippen LogP contribution in [0.1, 0.15) is 24.0 Å². The highest BCUT2D eigenvalue weighted by Crippen LogP contribution is 2.29. The van der Waals surface area contributed by atoms with E-state index in [0.717, 1.165) is 29.5 Å². The number of carbonyl (C=O) groups excluding carboxylic acids is 1. The summed E-state index contributed by atoms with van der Waals surface area (Å²) in [6.45, 7) is 2.99. The molecule has 1 fully saturated rings. The summed E-state index contributed by atoms with van der Waals surface area (Å²) < 4.78 is 27.9. The second-order valence-electron chi connectivity index (χ2n) is 8.53. The van der Waals surface area contributed by atoms with Gasteiger partial charge in [-0.05, 0) is 67.4 Å². The van der Waals surface area contributed by atoms with Crippen LogP contribution in [0.3, 0.4) is 0 Å². The molecule has 0 bridgehead atoms. The molecule has 0 radical (unpaired) electrons. The van der Waals surface area contributed by atoms with Crippen molar-refractivity contribution in [1.82, 2.24) is 10.2 Å². The van der Waals surface area contributed by atoms with Gasteiger partial charge in [0.1, 0.15) is 6.54 Å². The van der Waals surface area contributed by atoms with Crippen LogP contribution in [0, 0.1) is 0 Å². The zero-order valence-electron chi connectivity index (χ0n) is 19.2. The number of amides is 1. The Morgan fingerprint density at radius 1 is 0.886 bits per heavy atom. The molecular formula is C26H27Cl2N3O3S. The summed E-state index contributed by atoms with van der Waals surface area (Å²) in [5.74, 6) is -0.439. The van der Waals surface area contributed by atoms with Crippen molar-refractivity contribution in [3.8, 4) is 0 Å². The van der Waals surface area contributed by atoms with Gasteiger partial charge in [0.05, 0.1) is 10.6 Å². The number of likely N-dealkylation sites (tertiary alicyclic amines) is 1. The van der Waals surface area contributed by atoms with E-state index in [-0.39, 0.29) is 20.6 Å². The van der Waals surface area contributed by atoms with E-state index in [0.29, 0.717) is 6.54 Å². The van der Waals surface area contributed by atoms with Crippen molar-refractivity contribution in [2.45, 2.75) is 30.8 Å². The lowest BCUT2D eigenvalue weighted by atomic mass is 10.1. The smallest absolute Gasteiger partial charge is 0.264 e. The fourth-order valence-electron chi connectivity index (χ4n) is 4.14. The van der Waals surface area contributed by atoms with Crippen molar-refractivity contribution < 1.29 is 13.2 Å². The molecule has 0 aliphatic carbocycles. The zero-order valence-corrected chi connectivity index (χ0v) is 21.5. The third-order valence-corrected chi connectivity index (χ3v) is 8.06. The van der Waals surface area contributed by atoms with Gasteiger partial charge in [0, 0.05) is 23.1 Å². The van der Waals surface area contributed by atoms with Crippen LogP contribution in [-0.4, -0.2) is 38.9 Å². The summed E-state index contributed by atoms with van der Waals surface area (Å²) in [7, 11) is -4.04. The molecular weight excluding hydrogens is 505 g/mol. The first kappa shape index (κ1) is 25.5. The molecule has 0 aromatic heterocycles. The minimum Gasteiger partial charge on any atom is -0.350 e. The van der Waals surface area contributed by atoms with Gasteiger partial charge < -0.3 is 5.32 Å². The van der Waals surface area contributed by atoms with Crippen LogP contribution in [0.15, 0.2) is 77.7 Å². The Hall–Kier alpha value is -2.58. The molecule has 184 valence electrons. The Morgan fingerprint density at radius 2 is 1.54 bits per heavy atom. The number of nitrogens with one attached hydrogen (secondary N) is 1. The van der Waals surface area contributed by atoms with Gasteiger partial charge in [-0.2, -0.15) is 0 Å². The Balaban J connectivity index is 1.50. The van der Waals surface area contributed by atoms with E-state index in [1.165, 1.54) is 48.7 Å². The highest BCUT2D eigenvalue weighted by atomic mass is 35.5. The normalized spacial score (nSPS) is 14.1. The molecule has 4 rings (SSSR count). The van der Waals surface area contributed by atoms with E-state index in [1.807, 2.05) is 12.1 Å². The summed E-state index contributed by atoms with van der Waals surface area (Å²) in [5.41, 5.74) is 2.37. The summed E-state index contributed by atoms with van der Waals surface area (Å²) in [5, 5.41) is 3.40. The number of carbonyl (C=O) groups is 1. The summed E-state index contributed by atoms with van der Waals surface area (Å²) in [6.07, 6.45) is 2.46. The molecule has 3 aromatic carbocycles. The molecule has 9 heteroatoms. The second-order valence-corrected chi connectivity index (χ2v) is 11.3. The number of hydrogen-bond acceptors (Lipinski definition) is 4. The number of benzene rings is 3. The molecule has 1 amide bonds. The zero-order chi connectivity index (χ0) is 24.8. The standard InChI is InChI=1S/C26H27Cl2N3O3S/c27-22-14-23(28)16-24(15-22)31(35(33,34)25-9-2-1-3-10-25)19-26(32)29-17-20-7-6-8-21(13-20)18-30-11-4-5-12-30/h1-3,6-10,13-16H,4-5,11-12,17-19H2,(H,29,32). The lowest BCUT2D eigenvalue weighted by Gasteiger charge is -2.24. The number of halogens is 2. The van der Waals surface area contributed by atoms with E-state index in [2.05, 4.69) is 22.3 Å². The largest absolute Gasteiger partial charge is 0.350 e. The fraction of sp³-hybridized carbons (Fsp3) is 0.269. The molecule has 6 nitrogen and oxygen atoms in total. The van der Waals surface area contributed by atoms with Gasteiger partial charge >= 0.3 is 0 Å². The van der Waals surface area contributed by atoms with Crippen molar-refractivity contribution in [2.75, 3.05) is 23.9 Å². The average molecular weight is 532 g/mol. The molecule has 1 aliphatic heterocycles. The number of hydrogen-bond donors (Lipinski definition) is 1. The topological polar surface area (TPSA) is 69.7 Å². The van der Waals surface area contributed by atoms with Crippen molar-refractivity contribution in [3.63, 3.8) is 0 Å². The van der Waals surface area contributed by atoms with Crippen LogP contribution in [0.4, 0.5) is 5.69 Å². The van der Waals surface area contributed by atoms with E-state index in [1.54, 1.807) is 18.2 Å². The molecule has 1 heterocycles. The molecule has 1 N–H and O–H groups in total. The maximum absolute atomic E-state index is 13.4. The van der Waals surface area contributed by atoms with Crippen molar-refractivity contribution in [1.29, 1.82) is 0 Å². The van der Waals surface area contributed by atoms with Gasteiger partial charge in [-0.25, -0.2) is 8.42 Å². The quantitative estimate of drug-likeness (QED) is 0.417. The van der Waals surface area contributed by atoms with Crippen LogP contribution in [0.5, 0.6) is 0 Å². The van der Waals surface area contributed by atoms with Crippen LogP contribution < -0.4 is 9.62 Å². The van der Waals surface area contributed by atoms with E-state index >= 15 is 0 Å². The van der Waals surface area contributed by atoms with Crippen LogP contribution in [0.25, 0.3) is 0 Å². The van der Waals surface area contributed by atoms with Gasteiger partial charge in [-0.1, -0.05) is 65.7 Å². The molecule has 0 unspecified atom stereocenters. The van der Waals surface area contributed by atoms with Crippen LogP contribution >= 0.6 is 23.2 Å². The van der Waals surface area contributed by atoms with Crippen molar-refractivity contribution in [2.24, 2.45) is 0 Å². The molecule has 35 heavy (non-hydrogen) atoms. The summed E-state index contributed by atoms with van der Waals surface area (Å²) >= 11 is 12.3. The van der Waals surface area contributed by atoms with E-state index in [4.69, 9.17) is 23.2 Å². The van der Waals surface area contributed by atoms with E-state index < -0.39 is 22.5 Å². The van der Waals surface area contributed by atoms with Gasteiger partial charge in [-0.3, -0.25) is 14.0 Å². The molecule has 3 aromatic rings. The Labute approximate surface area is 216 Å². The van der Waals surface area contributed by atoms with Gasteiger partial charge in [-0.15, -0.1) is 0 Å². The highest BCUT2D eigenvalue weighted by Gasteiger charge is 2.27. The SMILES string of the molecule is O=C(CN(c1cc(Cl)cc(Cl)c1)S(=O)(=O)c1ccccc1)NCc1cccc(CN2CCCC2)c1. The lowest BCUT2D eigenvalue weighted by molar-refractivity contribution is -0.119. The Bertz CT molecular complexity index is 1260. The van der Waals surface area contributed by atoms with Gasteiger partial charge in [0.25, 0.3) is 10.0 Å². The minimum absolute atomic E-state index is 0.0681. The van der Waals surface area contributed by atoms with Crippen LogP contribution in [0.2, 0.25) is 10.0 Å². The first-order valence-electron chi connectivity index (χ1n) is 11.4. The maximum atomic E-state index is 13.4. The monoisotopic (exact) mass is 531 g/mol. The Kier molecular flexibility index (Phi) is 8.34. The second kappa shape index (κ2) is 11.4. The molecule has 0 spiro atoms. The van der Waals surface area contributed by atoms with Crippen molar-refractivity contribution in [3.05, 3.63) is 94.0 Å². The van der Waals surface area contributed by atoms with Gasteiger partial charge in [0.15, 0.2) is 0 Å². The summed E-state index contributed by atoms with van der Waals surface area (Å²) in [6, 6.07) is 20.5. The molecule has 1 aliphatic rings. The molecule has 1 saturated heterocycles. The fourth-order valence-corrected chi connectivity index (χ4v) is 6.08. The third-order valence-electron chi connectivity index (χ3n) is 5.84. The van der Waals surface area contributed by atoms with Crippen molar-refractivity contribution >= 4 is 44.8 Å². The Morgan fingerprint density at radius 3 is 2.23 bits per heavy atom. The minimum atomic E-state index is -4.04. The summed E-state index contributed by atoms with van der Waals surface area (Å²) in [4.78, 5) is 15.4.